The number of hydrogen-bond donors (Lipinski definition) is 2. The standard InChI is InChI=1S/C13H14N6O/c1-2-10(20-7-1)9-8-11(18-17-9)16-13-15-4-3-12-14-5-6-19(12)13/h3-6,8,10H,1-2,7H2,(H2,15,16,17,18)/t10-/m1/s1. The lowest BCUT2D eigenvalue weighted by molar-refractivity contribution is 0.108. The Labute approximate surface area is 115 Å². The fraction of sp³-hybridized carbons (Fsp3) is 0.308. The van der Waals surface area contributed by atoms with Gasteiger partial charge in [-0.15, -0.1) is 0 Å². The van der Waals surface area contributed by atoms with Crippen LogP contribution < -0.4 is 5.32 Å². The molecule has 0 unspecified atom stereocenters. The predicted molar refractivity (Wildman–Crippen MR) is 72.8 cm³/mol. The Balaban J connectivity index is 1.61. The van der Waals surface area contributed by atoms with E-state index in [9.17, 15) is 0 Å². The Morgan fingerprint density at radius 3 is 3.25 bits per heavy atom. The van der Waals surface area contributed by atoms with E-state index in [-0.39, 0.29) is 6.10 Å². The number of hydrogen-bond acceptors (Lipinski definition) is 5. The highest BCUT2D eigenvalue weighted by Gasteiger charge is 2.20. The van der Waals surface area contributed by atoms with E-state index in [0.29, 0.717) is 5.95 Å². The molecule has 1 aliphatic heterocycles. The van der Waals surface area contributed by atoms with Gasteiger partial charge in [-0.2, -0.15) is 5.10 Å². The minimum Gasteiger partial charge on any atom is -0.372 e. The van der Waals surface area contributed by atoms with Crippen LogP contribution in [0.25, 0.3) is 5.65 Å². The Morgan fingerprint density at radius 2 is 2.35 bits per heavy atom. The van der Waals surface area contributed by atoms with Crippen LogP contribution in [0.3, 0.4) is 0 Å². The van der Waals surface area contributed by atoms with E-state index in [4.69, 9.17) is 4.74 Å². The minimum absolute atomic E-state index is 0.134. The molecule has 1 atom stereocenters. The molecule has 7 heteroatoms. The number of aromatic amines is 1. The second-order valence-corrected chi connectivity index (χ2v) is 4.76. The van der Waals surface area contributed by atoms with Gasteiger partial charge >= 0.3 is 0 Å². The van der Waals surface area contributed by atoms with E-state index >= 15 is 0 Å². The molecule has 0 bridgehead atoms. The zero-order valence-electron chi connectivity index (χ0n) is 10.8. The first kappa shape index (κ1) is 11.4. The van der Waals surface area contributed by atoms with Crippen molar-refractivity contribution >= 4 is 17.4 Å². The Bertz CT molecular complexity index is 727. The van der Waals surface area contributed by atoms with Crippen LogP contribution in [0.2, 0.25) is 0 Å². The third-order valence-electron chi connectivity index (χ3n) is 3.43. The molecule has 3 aromatic heterocycles. The Morgan fingerprint density at radius 1 is 1.35 bits per heavy atom. The van der Waals surface area contributed by atoms with Crippen molar-refractivity contribution in [2.45, 2.75) is 18.9 Å². The van der Waals surface area contributed by atoms with Crippen LogP contribution in [0.1, 0.15) is 24.6 Å². The lowest BCUT2D eigenvalue weighted by Gasteiger charge is -2.05. The van der Waals surface area contributed by atoms with Gasteiger partial charge in [-0.05, 0) is 18.9 Å². The lowest BCUT2D eigenvalue weighted by atomic mass is 10.2. The first-order valence-electron chi connectivity index (χ1n) is 6.62. The summed E-state index contributed by atoms with van der Waals surface area (Å²) in [6.45, 7) is 0.822. The molecule has 20 heavy (non-hydrogen) atoms. The van der Waals surface area contributed by atoms with Gasteiger partial charge in [0.1, 0.15) is 5.65 Å². The first-order valence-corrected chi connectivity index (χ1v) is 6.62. The van der Waals surface area contributed by atoms with Gasteiger partial charge in [-0.25, -0.2) is 9.97 Å². The van der Waals surface area contributed by atoms with Crippen molar-refractivity contribution in [3.8, 4) is 0 Å². The van der Waals surface area contributed by atoms with Gasteiger partial charge in [-0.1, -0.05) is 0 Å². The van der Waals surface area contributed by atoms with Crippen LogP contribution in [0.4, 0.5) is 11.8 Å². The third-order valence-corrected chi connectivity index (χ3v) is 3.43. The molecule has 7 nitrogen and oxygen atoms in total. The Kier molecular flexibility index (Phi) is 2.63. The number of ether oxygens (including phenoxy) is 1. The van der Waals surface area contributed by atoms with Crippen molar-refractivity contribution in [1.82, 2.24) is 24.6 Å². The van der Waals surface area contributed by atoms with E-state index in [0.717, 1.165) is 36.6 Å². The maximum absolute atomic E-state index is 5.63. The molecule has 2 N–H and O–H groups in total. The average molecular weight is 270 g/mol. The van der Waals surface area contributed by atoms with Gasteiger partial charge in [-0.3, -0.25) is 9.50 Å². The summed E-state index contributed by atoms with van der Waals surface area (Å²) in [5, 5.41) is 10.5. The largest absolute Gasteiger partial charge is 0.372 e. The van der Waals surface area contributed by atoms with Crippen molar-refractivity contribution in [2.24, 2.45) is 0 Å². The molecule has 1 aliphatic rings. The van der Waals surface area contributed by atoms with Gasteiger partial charge in [0.25, 0.3) is 0 Å². The molecule has 4 rings (SSSR count). The molecule has 1 saturated heterocycles. The number of fused-ring (bicyclic) bond motifs is 1. The van der Waals surface area contributed by atoms with Crippen LogP contribution in [-0.4, -0.2) is 31.2 Å². The van der Waals surface area contributed by atoms with Crippen molar-refractivity contribution in [2.75, 3.05) is 11.9 Å². The summed E-state index contributed by atoms with van der Waals surface area (Å²) in [5.74, 6) is 1.41. The van der Waals surface area contributed by atoms with E-state index in [1.165, 1.54) is 0 Å². The molecule has 0 saturated carbocycles. The summed E-state index contributed by atoms with van der Waals surface area (Å²) in [7, 11) is 0. The molecule has 0 aliphatic carbocycles. The molecule has 0 amide bonds. The summed E-state index contributed by atoms with van der Waals surface area (Å²) in [5.41, 5.74) is 1.85. The molecule has 0 radical (unpaired) electrons. The molecule has 0 aromatic carbocycles. The molecule has 102 valence electrons. The minimum atomic E-state index is 0.134. The third kappa shape index (κ3) is 1.92. The second kappa shape index (κ2) is 4.61. The monoisotopic (exact) mass is 270 g/mol. The second-order valence-electron chi connectivity index (χ2n) is 4.76. The summed E-state index contributed by atoms with van der Waals surface area (Å²) in [4.78, 5) is 8.53. The number of rotatable bonds is 3. The Hall–Kier alpha value is -2.41. The highest BCUT2D eigenvalue weighted by atomic mass is 16.5. The van der Waals surface area contributed by atoms with Gasteiger partial charge in [0.15, 0.2) is 5.82 Å². The lowest BCUT2D eigenvalue weighted by Crippen LogP contribution is -2.00. The maximum atomic E-state index is 5.63. The number of imidazole rings is 1. The van der Waals surface area contributed by atoms with Gasteiger partial charge in [0.2, 0.25) is 5.95 Å². The van der Waals surface area contributed by atoms with Gasteiger partial charge in [0.05, 0.1) is 11.8 Å². The SMILES string of the molecule is c1cc2nccn2c(Nc2cc([C@H]3CCCO3)[nH]n2)n1. The van der Waals surface area contributed by atoms with Crippen LogP contribution in [0, 0.1) is 0 Å². The molecule has 4 heterocycles. The van der Waals surface area contributed by atoms with E-state index in [1.807, 2.05) is 22.7 Å². The number of anilines is 2. The van der Waals surface area contributed by atoms with Crippen molar-refractivity contribution in [3.05, 3.63) is 36.4 Å². The van der Waals surface area contributed by atoms with Crippen LogP contribution in [0.5, 0.6) is 0 Å². The number of aromatic nitrogens is 5. The number of nitrogens with zero attached hydrogens (tertiary/aromatic N) is 4. The summed E-state index contributed by atoms with van der Waals surface area (Å²) < 4.78 is 7.51. The zero-order chi connectivity index (χ0) is 13.4. The quantitative estimate of drug-likeness (QED) is 0.761. The number of H-pyrrole nitrogens is 1. The number of nitrogens with one attached hydrogen (secondary N) is 2. The van der Waals surface area contributed by atoms with E-state index in [1.54, 1.807) is 12.4 Å². The molecular formula is C13H14N6O. The van der Waals surface area contributed by atoms with E-state index < -0.39 is 0 Å². The molecular weight excluding hydrogens is 256 g/mol. The van der Waals surface area contributed by atoms with Crippen molar-refractivity contribution < 1.29 is 4.74 Å². The highest BCUT2D eigenvalue weighted by molar-refractivity contribution is 5.53. The smallest absolute Gasteiger partial charge is 0.214 e. The molecule has 3 aromatic rings. The molecule has 1 fully saturated rings. The first-order chi connectivity index (χ1) is 9.90. The topological polar surface area (TPSA) is 80.1 Å². The summed E-state index contributed by atoms with van der Waals surface area (Å²) >= 11 is 0. The van der Waals surface area contributed by atoms with Gasteiger partial charge in [0, 0.05) is 31.3 Å². The fourth-order valence-electron chi connectivity index (χ4n) is 2.45. The summed E-state index contributed by atoms with van der Waals surface area (Å²) in [6.07, 6.45) is 7.59. The zero-order valence-corrected chi connectivity index (χ0v) is 10.8. The highest BCUT2D eigenvalue weighted by Crippen LogP contribution is 2.28. The molecule has 0 spiro atoms. The van der Waals surface area contributed by atoms with Crippen LogP contribution >= 0.6 is 0 Å². The van der Waals surface area contributed by atoms with Crippen molar-refractivity contribution in [1.29, 1.82) is 0 Å². The van der Waals surface area contributed by atoms with Crippen molar-refractivity contribution in [3.63, 3.8) is 0 Å². The van der Waals surface area contributed by atoms with E-state index in [2.05, 4.69) is 25.5 Å². The summed E-state index contributed by atoms with van der Waals surface area (Å²) in [6, 6.07) is 3.82. The van der Waals surface area contributed by atoms with Crippen LogP contribution in [0.15, 0.2) is 30.7 Å². The normalized spacial score (nSPS) is 18.7. The van der Waals surface area contributed by atoms with Crippen LogP contribution in [-0.2, 0) is 4.74 Å². The predicted octanol–water partition coefficient (Wildman–Crippen LogP) is 2.05. The maximum Gasteiger partial charge on any atom is 0.214 e. The van der Waals surface area contributed by atoms with Gasteiger partial charge < -0.3 is 10.1 Å². The average Bonchev–Trinajstić information content (AvgIpc) is 3.20. The fourth-order valence-corrected chi connectivity index (χ4v) is 2.45.